The highest BCUT2D eigenvalue weighted by molar-refractivity contribution is 5.83. The van der Waals surface area contributed by atoms with Crippen molar-refractivity contribution >= 4 is 11.7 Å². The first-order chi connectivity index (χ1) is 7.58. The zero-order valence-electron chi connectivity index (χ0n) is 9.35. The van der Waals surface area contributed by atoms with E-state index in [1.807, 2.05) is 30.3 Å². The standard InChI is InChI=1S/C12H16N2O2/c1-14(9-12(13)16)8-11(15)7-10-5-3-2-4-6-10/h2-6H,7-9H2,1H3,(H2,13,16). The fraction of sp³-hybridized carbons (Fsp3) is 0.333. The van der Waals surface area contributed by atoms with Crippen LogP contribution >= 0.6 is 0 Å². The molecule has 86 valence electrons. The summed E-state index contributed by atoms with van der Waals surface area (Å²) in [7, 11) is 1.70. The number of carbonyl (C=O) groups is 2. The summed E-state index contributed by atoms with van der Waals surface area (Å²) >= 11 is 0. The summed E-state index contributed by atoms with van der Waals surface area (Å²) in [6.07, 6.45) is 0.393. The molecule has 0 aliphatic heterocycles. The molecule has 0 saturated heterocycles. The second-order valence-electron chi connectivity index (χ2n) is 3.84. The highest BCUT2D eigenvalue weighted by Crippen LogP contribution is 2.00. The number of ketones is 1. The van der Waals surface area contributed by atoms with Crippen molar-refractivity contribution in [1.82, 2.24) is 4.90 Å². The van der Waals surface area contributed by atoms with Gasteiger partial charge in [-0.05, 0) is 12.6 Å². The molecular formula is C12H16N2O2. The van der Waals surface area contributed by atoms with Crippen LogP contribution in [0.1, 0.15) is 5.56 Å². The van der Waals surface area contributed by atoms with Crippen LogP contribution < -0.4 is 5.73 Å². The van der Waals surface area contributed by atoms with Crippen molar-refractivity contribution in [1.29, 1.82) is 0 Å². The second-order valence-corrected chi connectivity index (χ2v) is 3.84. The highest BCUT2D eigenvalue weighted by atomic mass is 16.1. The third kappa shape index (κ3) is 4.70. The minimum absolute atomic E-state index is 0.0787. The molecule has 0 bridgehead atoms. The van der Waals surface area contributed by atoms with E-state index in [1.165, 1.54) is 0 Å². The lowest BCUT2D eigenvalue weighted by Crippen LogP contribution is -2.34. The Labute approximate surface area is 95.0 Å². The van der Waals surface area contributed by atoms with E-state index in [0.717, 1.165) is 5.56 Å². The molecule has 0 atom stereocenters. The molecule has 1 aromatic carbocycles. The van der Waals surface area contributed by atoms with Gasteiger partial charge in [0.1, 0.15) is 0 Å². The molecule has 1 aromatic rings. The van der Waals surface area contributed by atoms with E-state index in [2.05, 4.69) is 0 Å². The van der Waals surface area contributed by atoms with Crippen LogP contribution in [0.25, 0.3) is 0 Å². The fourth-order valence-electron chi connectivity index (χ4n) is 1.50. The third-order valence-corrected chi connectivity index (χ3v) is 2.12. The Balaban J connectivity index is 2.39. The molecule has 0 saturated carbocycles. The number of nitrogens with two attached hydrogens (primary N) is 1. The van der Waals surface area contributed by atoms with Gasteiger partial charge >= 0.3 is 0 Å². The molecule has 0 unspecified atom stereocenters. The Bertz CT molecular complexity index is 363. The minimum atomic E-state index is -0.421. The molecule has 0 radical (unpaired) electrons. The predicted molar refractivity (Wildman–Crippen MR) is 61.8 cm³/mol. The monoisotopic (exact) mass is 220 g/mol. The summed E-state index contributed by atoms with van der Waals surface area (Å²) in [6, 6.07) is 9.52. The quantitative estimate of drug-likeness (QED) is 0.745. The van der Waals surface area contributed by atoms with E-state index < -0.39 is 5.91 Å². The summed E-state index contributed by atoms with van der Waals surface area (Å²) in [6.45, 7) is 0.359. The molecule has 1 rings (SSSR count). The maximum absolute atomic E-state index is 11.6. The molecule has 4 heteroatoms. The van der Waals surface area contributed by atoms with Crippen molar-refractivity contribution in [3.63, 3.8) is 0 Å². The van der Waals surface area contributed by atoms with Gasteiger partial charge in [0.25, 0.3) is 0 Å². The molecule has 0 aliphatic carbocycles. The van der Waals surface area contributed by atoms with E-state index in [4.69, 9.17) is 5.73 Å². The number of carbonyl (C=O) groups excluding carboxylic acids is 2. The molecule has 2 N–H and O–H groups in total. The Morgan fingerprint density at radius 1 is 1.19 bits per heavy atom. The lowest BCUT2D eigenvalue weighted by molar-refractivity contribution is -0.121. The lowest BCUT2D eigenvalue weighted by atomic mass is 10.1. The molecule has 0 spiro atoms. The van der Waals surface area contributed by atoms with Gasteiger partial charge in [-0.3, -0.25) is 14.5 Å². The van der Waals surface area contributed by atoms with E-state index in [-0.39, 0.29) is 18.9 Å². The van der Waals surface area contributed by atoms with Gasteiger partial charge in [0.15, 0.2) is 5.78 Å². The number of primary amides is 1. The third-order valence-electron chi connectivity index (χ3n) is 2.12. The minimum Gasteiger partial charge on any atom is -0.369 e. The molecule has 1 amide bonds. The van der Waals surface area contributed by atoms with Crippen molar-refractivity contribution in [3.8, 4) is 0 Å². The van der Waals surface area contributed by atoms with Crippen LogP contribution in [-0.4, -0.2) is 36.7 Å². The first-order valence-corrected chi connectivity index (χ1v) is 5.10. The summed E-state index contributed by atoms with van der Waals surface area (Å²) in [5, 5.41) is 0. The zero-order valence-corrected chi connectivity index (χ0v) is 9.35. The maximum atomic E-state index is 11.6. The smallest absolute Gasteiger partial charge is 0.231 e. The number of nitrogens with zero attached hydrogens (tertiary/aromatic N) is 1. The summed E-state index contributed by atoms with van der Waals surface area (Å²) in [5.41, 5.74) is 6.02. The summed E-state index contributed by atoms with van der Waals surface area (Å²) < 4.78 is 0. The normalized spacial score (nSPS) is 10.4. The predicted octanol–water partition coefficient (Wildman–Crippen LogP) is 0.215. The Morgan fingerprint density at radius 3 is 2.38 bits per heavy atom. The molecule has 4 nitrogen and oxygen atoms in total. The summed E-state index contributed by atoms with van der Waals surface area (Å²) in [4.78, 5) is 23.8. The molecule has 0 heterocycles. The first-order valence-electron chi connectivity index (χ1n) is 5.10. The SMILES string of the molecule is CN(CC(N)=O)CC(=O)Cc1ccccc1. The van der Waals surface area contributed by atoms with Crippen LogP contribution in [-0.2, 0) is 16.0 Å². The molecule has 0 aromatic heterocycles. The van der Waals surface area contributed by atoms with E-state index in [1.54, 1.807) is 11.9 Å². The van der Waals surface area contributed by atoms with Gasteiger partial charge in [-0.25, -0.2) is 0 Å². The molecule has 16 heavy (non-hydrogen) atoms. The average Bonchev–Trinajstić information content (AvgIpc) is 2.17. The van der Waals surface area contributed by atoms with Gasteiger partial charge in [0.2, 0.25) is 5.91 Å². The number of hydrogen-bond donors (Lipinski definition) is 1. The van der Waals surface area contributed by atoms with Gasteiger partial charge in [-0.2, -0.15) is 0 Å². The lowest BCUT2D eigenvalue weighted by Gasteiger charge is -2.13. The van der Waals surface area contributed by atoms with Gasteiger partial charge in [-0.15, -0.1) is 0 Å². The van der Waals surface area contributed by atoms with Gasteiger partial charge in [0, 0.05) is 6.42 Å². The molecular weight excluding hydrogens is 204 g/mol. The van der Waals surface area contributed by atoms with Crippen LogP contribution in [0.2, 0.25) is 0 Å². The van der Waals surface area contributed by atoms with Crippen LogP contribution in [0.15, 0.2) is 30.3 Å². The van der Waals surface area contributed by atoms with Crippen molar-refractivity contribution in [2.24, 2.45) is 5.73 Å². The van der Waals surface area contributed by atoms with Crippen LogP contribution in [0.5, 0.6) is 0 Å². The van der Waals surface area contributed by atoms with Crippen LogP contribution in [0.3, 0.4) is 0 Å². The largest absolute Gasteiger partial charge is 0.369 e. The maximum Gasteiger partial charge on any atom is 0.231 e. The van der Waals surface area contributed by atoms with Gasteiger partial charge < -0.3 is 5.73 Å². The second kappa shape index (κ2) is 6.02. The Kier molecular flexibility index (Phi) is 4.66. The van der Waals surface area contributed by atoms with Crippen molar-refractivity contribution in [2.45, 2.75) is 6.42 Å². The number of Topliss-reactive ketones (excluding diaryl/α,β-unsaturated/α-hetero) is 1. The molecule has 0 aliphatic rings. The van der Waals surface area contributed by atoms with E-state index in [0.29, 0.717) is 6.42 Å². The zero-order chi connectivity index (χ0) is 12.0. The Morgan fingerprint density at radius 2 is 1.81 bits per heavy atom. The number of amides is 1. The van der Waals surface area contributed by atoms with Crippen LogP contribution in [0.4, 0.5) is 0 Å². The van der Waals surface area contributed by atoms with Gasteiger partial charge in [0.05, 0.1) is 13.1 Å². The number of benzene rings is 1. The summed E-state index contributed by atoms with van der Waals surface area (Å²) in [5.74, 6) is -0.343. The topological polar surface area (TPSA) is 63.4 Å². The van der Waals surface area contributed by atoms with Crippen LogP contribution in [0, 0.1) is 0 Å². The number of rotatable bonds is 6. The van der Waals surface area contributed by atoms with Crippen molar-refractivity contribution in [2.75, 3.05) is 20.1 Å². The number of likely N-dealkylation sites (N-methyl/N-ethyl adjacent to an activating group) is 1. The van der Waals surface area contributed by atoms with Crippen molar-refractivity contribution in [3.05, 3.63) is 35.9 Å². The first kappa shape index (κ1) is 12.4. The molecule has 0 fully saturated rings. The average molecular weight is 220 g/mol. The Hall–Kier alpha value is -1.68. The van der Waals surface area contributed by atoms with E-state index >= 15 is 0 Å². The van der Waals surface area contributed by atoms with Crippen molar-refractivity contribution < 1.29 is 9.59 Å². The fourth-order valence-corrected chi connectivity index (χ4v) is 1.50. The highest BCUT2D eigenvalue weighted by Gasteiger charge is 2.09. The van der Waals surface area contributed by atoms with Gasteiger partial charge in [-0.1, -0.05) is 30.3 Å². The van der Waals surface area contributed by atoms with E-state index in [9.17, 15) is 9.59 Å². The number of hydrogen-bond acceptors (Lipinski definition) is 3.